The molecule has 98 valence electrons. The van der Waals surface area contributed by atoms with Crippen LogP contribution in [-0.4, -0.2) is 23.7 Å². The highest BCUT2D eigenvalue weighted by Gasteiger charge is 2.31. The molecule has 1 aliphatic rings. The minimum atomic E-state index is -0.500. The predicted molar refractivity (Wildman–Crippen MR) is 69.6 cm³/mol. The van der Waals surface area contributed by atoms with Crippen molar-refractivity contribution in [2.45, 2.75) is 32.3 Å². The molecule has 2 rings (SSSR count). The highest BCUT2D eigenvalue weighted by atomic mass is 16.5. The topological polar surface area (TPSA) is 58.6 Å². The van der Waals surface area contributed by atoms with Crippen LogP contribution in [-0.2, 0) is 4.79 Å². The summed E-state index contributed by atoms with van der Waals surface area (Å²) in [6.45, 7) is 2.51. The van der Waals surface area contributed by atoms with Crippen LogP contribution in [0.3, 0.4) is 0 Å². The van der Waals surface area contributed by atoms with Crippen molar-refractivity contribution >= 4 is 11.6 Å². The number of amides is 1. The number of aliphatic hydroxyl groups excluding tert-OH is 1. The largest absolute Gasteiger partial charge is 0.494 e. The van der Waals surface area contributed by atoms with Gasteiger partial charge < -0.3 is 15.2 Å². The molecule has 0 radical (unpaired) electrons. The Morgan fingerprint density at radius 2 is 2.33 bits per heavy atom. The zero-order chi connectivity index (χ0) is 13.0. The fourth-order valence-corrected chi connectivity index (χ4v) is 2.31. The van der Waals surface area contributed by atoms with Crippen molar-refractivity contribution in [2.24, 2.45) is 5.92 Å². The number of aliphatic hydroxyl groups is 1. The van der Waals surface area contributed by atoms with Crippen LogP contribution in [0.2, 0.25) is 0 Å². The summed E-state index contributed by atoms with van der Waals surface area (Å²) >= 11 is 0. The number of ether oxygens (including phenoxy) is 1. The lowest BCUT2D eigenvalue weighted by atomic mass is 10.1. The standard InChI is InChI=1S/C14H19NO3/c1-2-18-11-6-3-5-10(9-11)15-14(17)12-7-4-8-13(12)16/h3,5-6,9,12-13,16H,2,4,7-8H2,1H3,(H,15,17). The van der Waals surface area contributed by atoms with E-state index in [1.54, 1.807) is 6.07 Å². The Balaban J connectivity index is 2.00. The van der Waals surface area contributed by atoms with Crippen LogP contribution in [0.15, 0.2) is 24.3 Å². The summed E-state index contributed by atoms with van der Waals surface area (Å²) in [4.78, 5) is 12.0. The van der Waals surface area contributed by atoms with Gasteiger partial charge in [-0.3, -0.25) is 4.79 Å². The van der Waals surface area contributed by atoms with Gasteiger partial charge in [0.25, 0.3) is 0 Å². The number of hydrogen-bond acceptors (Lipinski definition) is 3. The number of hydrogen-bond donors (Lipinski definition) is 2. The molecule has 2 atom stereocenters. The molecule has 2 unspecified atom stereocenters. The molecule has 1 aromatic carbocycles. The summed E-state index contributed by atoms with van der Waals surface area (Å²) in [6.07, 6.45) is 1.90. The second kappa shape index (κ2) is 5.87. The molecule has 4 heteroatoms. The Kier molecular flexibility index (Phi) is 4.20. The van der Waals surface area contributed by atoms with Crippen molar-refractivity contribution in [3.05, 3.63) is 24.3 Å². The van der Waals surface area contributed by atoms with Crippen LogP contribution >= 0.6 is 0 Å². The fourth-order valence-electron chi connectivity index (χ4n) is 2.31. The second-order valence-electron chi connectivity index (χ2n) is 4.55. The van der Waals surface area contributed by atoms with E-state index in [2.05, 4.69) is 5.32 Å². The van der Waals surface area contributed by atoms with E-state index in [4.69, 9.17) is 4.74 Å². The first-order valence-corrected chi connectivity index (χ1v) is 6.42. The maximum Gasteiger partial charge on any atom is 0.230 e. The zero-order valence-electron chi connectivity index (χ0n) is 10.6. The molecule has 4 nitrogen and oxygen atoms in total. The summed E-state index contributed by atoms with van der Waals surface area (Å²) in [5, 5.41) is 12.5. The first kappa shape index (κ1) is 12.9. The quantitative estimate of drug-likeness (QED) is 0.860. The van der Waals surface area contributed by atoms with Gasteiger partial charge in [0.05, 0.1) is 18.6 Å². The highest BCUT2D eigenvalue weighted by Crippen LogP contribution is 2.27. The zero-order valence-corrected chi connectivity index (χ0v) is 10.6. The Hall–Kier alpha value is -1.55. The Morgan fingerprint density at radius 1 is 1.50 bits per heavy atom. The molecule has 0 spiro atoms. The van der Waals surface area contributed by atoms with Crippen molar-refractivity contribution < 1.29 is 14.6 Å². The molecule has 1 aromatic rings. The smallest absolute Gasteiger partial charge is 0.230 e. The molecule has 1 aliphatic carbocycles. The van der Waals surface area contributed by atoms with Gasteiger partial charge in [-0.1, -0.05) is 6.07 Å². The number of carbonyl (C=O) groups is 1. The van der Waals surface area contributed by atoms with Crippen LogP contribution < -0.4 is 10.1 Å². The van der Waals surface area contributed by atoms with Gasteiger partial charge in [0.1, 0.15) is 5.75 Å². The second-order valence-corrected chi connectivity index (χ2v) is 4.55. The third-order valence-corrected chi connectivity index (χ3v) is 3.23. The van der Waals surface area contributed by atoms with Crippen LogP contribution in [0.4, 0.5) is 5.69 Å². The van der Waals surface area contributed by atoms with Gasteiger partial charge in [0, 0.05) is 11.8 Å². The van der Waals surface area contributed by atoms with E-state index in [-0.39, 0.29) is 11.8 Å². The molecule has 0 saturated heterocycles. The van der Waals surface area contributed by atoms with E-state index >= 15 is 0 Å². The molecule has 0 bridgehead atoms. The molecule has 0 aromatic heterocycles. The molecule has 1 amide bonds. The third-order valence-electron chi connectivity index (χ3n) is 3.23. The summed E-state index contributed by atoms with van der Waals surface area (Å²) in [5.41, 5.74) is 0.713. The van der Waals surface area contributed by atoms with Gasteiger partial charge >= 0.3 is 0 Å². The molecule has 2 N–H and O–H groups in total. The van der Waals surface area contributed by atoms with Gasteiger partial charge in [-0.25, -0.2) is 0 Å². The number of rotatable bonds is 4. The summed E-state index contributed by atoms with van der Waals surface area (Å²) in [7, 11) is 0. The number of nitrogens with one attached hydrogen (secondary N) is 1. The average Bonchev–Trinajstić information content (AvgIpc) is 2.76. The lowest BCUT2D eigenvalue weighted by Gasteiger charge is -2.14. The third kappa shape index (κ3) is 3.01. The Bertz CT molecular complexity index is 419. The molecule has 0 aliphatic heterocycles. The number of benzene rings is 1. The van der Waals surface area contributed by atoms with E-state index in [0.717, 1.165) is 25.0 Å². The van der Waals surface area contributed by atoms with Gasteiger partial charge in [0.2, 0.25) is 5.91 Å². The molecule has 18 heavy (non-hydrogen) atoms. The average molecular weight is 249 g/mol. The molecule has 1 fully saturated rings. The monoisotopic (exact) mass is 249 g/mol. The molecular weight excluding hydrogens is 230 g/mol. The van der Waals surface area contributed by atoms with Crippen molar-refractivity contribution in [1.29, 1.82) is 0 Å². The highest BCUT2D eigenvalue weighted by molar-refractivity contribution is 5.93. The number of anilines is 1. The van der Waals surface area contributed by atoms with E-state index < -0.39 is 6.10 Å². The minimum absolute atomic E-state index is 0.103. The van der Waals surface area contributed by atoms with Crippen LogP contribution in [0, 0.1) is 5.92 Å². The van der Waals surface area contributed by atoms with Crippen molar-refractivity contribution in [2.75, 3.05) is 11.9 Å². The lowest BCUT2D eigenvalue weighted by Crippen LogP contribution is -2.28. The van der Waals surface area contributed by atoms with Crippen LogP contribution in [0.1, 0.15) is 26.2 Å². The fraction of sp³-hybridized carbons (Fsp3) is 0.500. The van der Waals surface area contributed by atoms with E-state index in [1.807, 2.05) is 25.1 Å². The van der Waals surface area contributed by atoms with Gasteiger partial charge in [-0.2, -0.15) is 0 Å². The van der Waals surface area contributed by atoms with Gasteiger partial charge in [-0.05, 0) is 38.3 Å². The van der Waals surface area contributed by atoms with Gasteiger partial charge in [0.15, 0.2) is 0 Å². The van der Waals surface area contributed by atoms with E-state index in [9.17, 15) is 9.90 Å². The molecule has 1 saturated carbocycles. The maximum atomic E-state index is 12.0. The summed E-state index contributed by atoms with van der Waals surface area (Å²) in [6, 6.07) is 7.31. The normalized spacial score (nSPS) is 22.8. The molecule has 0 heterocycles. The Morgan fingerprint density at radius 3 is 3.00 bits per heavy atom. The number of carbonyl (C=O) groups excluding carboxylic acids is 1. The van der Waals surface area contributed by atoms with E-state index in [1.165, 1.54) is 0 Å². The first-order valence-electron chi connectivity index (χ1n) is 6.42. The lowest BCUT2D eigenvalue weighted by molar-refractivity contribution is -0.122. The van der Waals surface area contributed by atoms with E-state index in [0.29, 0.717) is 12.3 Å². The minimum Gasteiger partial charge on any atom is -0.494 e. The summed E-state index contributed by atoms with van der Waals surface area (Å²) < 4.78 is 5.37. The van der Waals surface area contributed by atoms with Crippen molar-refractivity contribution in [3.63, 3.8) is 0 Å². The first-order chi connectivity index (χ1) is 8.70. The maximum absolute atomic E-state index is 12.0. The SMILES string of the molecule is CCOc1cccc(NC(=O)C2CCCC2O)c1. The Labute approximate surface area is 107 Å². The molecular formula is C14H19NO3. The van der Waals surface area contributed by atoms with Crippen LogP contribution in [0.5, 0.6) is 5.75 Å². The predicted octanol–water partition coefficient (Wildman–Crippen LogP) is 2.18. The van der Waals surface area contributed by atoms with Gasteiger partial charge in [-0.15, -0.1) is 0 Å². The van der Waals surface area contributed by atoms with Crippen molar-refractivity contribution in [3.8, 4) is 5.75 Å². The summed E-state index contributed by atoms with van der Waals surface area (Å²) in [5.74, 6) is 0.358. The van der Waals surface area contributed by atoms with Crippen molar-refractivity contribution in [1.82, 2.24) is 0 Å². The van der Waals surface area contributed by atoms with Crippen LogP contribution in [0.25, 0.3) is 0 Å².